The number of piperazine rings is 1. The molecular formula is C11H15N5. The molecule has 0 amide bonds. The molecule has 0 aliphatic carbocycles. The largest absolute Gasteiger partial charge is 0.353 e. The van der Waals surface area contributed by atoms with Crippen LogP contribution < -0.4 is 10.2 Å². The van der Waals surface area contributed by atoms with Crippen molar-refractivity contribution in [2.24, 2.45) is 0 Å². The Morgan fingerprint density at radius 1 is 1.25 bits per heavy atom. The van der Waals surface area contributed by atoms with Crippen molar-refractivity contribution in [3.63, 3.8) is 0 Å². The first-order chi connectivity index (χ1) is 7.84. The molecule has 2 aromatic heterocycles. The van der Waals surface area contributed by atoms with Gasteiger partial charge in [-0.1, -0.05) is 0 Å². The fourth-order valence-electron chi connectivity index (χ4n) is 2.04. The van der Waals surface area contributed by atoms with E-state index in [9.17, 15) is 0 Å². The number of hydrogen-bond donors (Lipinski definition) is 1. The van der Waals surface area contributed by atoms with Crippen LogP contribution >= 0.6 is 0 Å². The third-order valence-corrected chi connectivity index (χ3v) is 2.96. The zero-order valence-electron chi connectivity index (χ0n) is 9.35. The summed E-state index contributed by atoms with van der Waals surface area (Å²) in [7, 11) is 0. The van der Waals surface area contributed by atoms with Crippen molar-refractivity contribution in [2.45, 2.75) is 6.92 Å². The van der Waals surface area contributed by atoms with Crippen molar-refractivity contribution in [3.05, 3.63) is 24.0 Å². The Morgan fingerprint density at radius 2 is 2.06 bits per heavy atom. The van der Waals surface area contributed by atoms with Gasteiger partial charge in [0.05, 0.1) is 11.9 Å². The van der Waals surface area contributed by atoms with E-state index in [1.54, 1.807) is 0 Å². The Bertz CT molecular complexity index is 498. The second-order valence-corrected chi connectivity index (χ2v) is 4.10. The predicted octanol–water partition coefficient (Wildman–Crippen LogP) is 0.447. The lowest BCUT2D eigenvalue weighted by atomic mass is 10.3. The number of fused-ring (bicyclic) bond motifs is 1. The van der Waals surface area contributed by atoms with Crippen molar-refractivity contribution in [3.8, 4) is 0 Å². The lowest BCUT2D eigenvalue weighted by Gasteiger charge is -2.28. The minimum absolute atomic E-state index is 0.913. The molecule has 0 unspecified atom stereocenters. The minimum Gasteiger partial charge on any atom is -0.353 e. The molecule has 0 spiro atoms. The monoisotopic (exact) mass is 217 g/mol. The number of nitrogens with zero attached hydrogens (tertiary/aromatic N) is 4. The molecule has 0 aromatic carbocycles. The third-order valence-electron chi connectivity index (χ3n) is 2.96. The lowest BCUT2D eigenvalue weighted by molar-refractivity contribution is 0.581. The van der Waals surface area contributed by atoms with Crippen LogP contribution in [0.15, 0.2) is 18.3 Å². The minimum atomic E-state index is 0.913. The third kappa shape index (κ3) is 1.53. The summed E-state index contributed by atoms with van der Waals surface area (Å²) < 4.78 is 1.90. The molecule has 16 heavy (non-hydrogen) atoms. The Balaban J connectivity index is 1.99. The van der Waals surface area contributed by atoms with Crippen LogP contribution in [-0.4, -0.2) is 40.8 Å². The highest BCUT2D eigenvalue weighted by Gasteiger charge is 2.12. The summed E-state index contributed by atoms with van der Waals surface area (Å²) in [5, 5.41) is 7.95. The molecule has 1 aliphatic rings. The highest BCUT2D eigenvalue weighted by atomic mass is 15.3. The van der Waals surface area contributed by atoms with E-state index in [0.29, 0.717) is 0 Å². The van der Waals surface area contributed by atoms with Gasteiger partial charge in [-0.25, -0.2) is 9.50 Å². The summed E-state index contributed by atoms with van der Waals surface area (Å²) >= 11 is 0. The van der Waals surface area contributed by atoms with Gasteiger partial charge in [-0.05, 0) is 19.1 Å². The molecule has 2 aromatic rings. The summed E-state index contributed by atoms with van der Waals surface area (Å²) in [5.74, 6) is 1.04. The van der Waals surface area contributed by atoms with E-state index in [4.69, 9.17) is 0 Å². The van der Waals surface area contributed by atoms with Gasteiger partial charge in [0.2, 0.25) is 0 Å². The standard InChI is InChI=1S/C11H15N5/c1-9-8-13-10-2-3-11(14-16(9)10)15-6-4-12-5-7-15/h2-3,8,12H,4-7H2,1H3. The number of nitrogens with one attached hydrogen (secondary N) is 1. The van der Waals surface area contributed by atoms with E-state index in [2.05, 4.69) is 20.3 Å². The Kier molecular flexibility index (Phi) is 2.25. The van der Waals surface area contributed by atoms with Crippen LogP contribution in [0.4, 0.5) is 5.82 Å². The van der Waals surface area contributed by atoms with Crippen molar-refractivity contribution in [1.29, 1.82) is 0 Å². The van der Waals surface area contributed by atoms with Crippen molar-refractivity contribution in [2.75, 3.05) is 31.1 Å². The molecule has 0 radical (unpaired) electrons. The maximum atomic E-state index is 4.61. The van der Waals surface area contributed by atoms with Crippen LogP contribution in [-0.2, 0) is 0 Å². The van der Waals surface area contributed by atoms with Gasteiger partial charge in [0, 0.05) is 26.2 Å². The number of anilines is 1. The Morgan fingerprint density at radius 3 is 2.88 bits per heavy atom. The van der Waals surface area contributed by atoms with Crippen molar-refractivity contribution < 1.29 is 0 Å². The summed E-state index contributed by atoms with van der Waals surface area (Å²) in [6, 6.07) is 4.07. The number of aryl methyl sites for hydroxylation is 1. The van der Waals surface area contributed by atoms with Gasteiger partial charge < -0.3 is 10.2 Å². The highest BCUT2D eigenvalue weighted by molar-refractivity contribution is 5.47. The maximum absolute atomic E-state index is 4.61. The lowest BCUT2D eigenvalue weighted by Crippen LogP contribution is -2.44. The van der Waals surface area contributed by atoms with Gasteiger partial charge >= 0.3 is 0 Å². The SMILES string of the molecule is Cc1cnc2ccc(N3CCNCC3)nn12. The first-order valence-electron chi connectivity index (χ1n) is 5.62. The first kappa shape index (κ1) is 9.59. The molecular weight excluding hydrogens is 202 g/mol. The summed E-state index contributed by atoms with van der Waals surface area (Å²) in [5.41, 5.74) is 1.99. The van der Waals surface area contributed by atoms with Gasteiger partial charge in [0.25, 0.3) is 0 Å². The number of aromatic nitrogens is 3. The highest BCUT2D eigenvalue weighted by Crippen LogP contribution is 2.13. The topological polar surface area (TPSA) is 45.5 Å². The van der Waals surface area contributed by atoms with Gasteiger partial charge in [0.1, 0.15) is 5.82 Å². The fourth-order valence-corrected chi connectivity index (χ4v) is 2.04. The van der Waals surface area contributed by atoms with Gasteiger partial charge in [-0.15, -0.1) is 5.10 Å². The van der Waals surface area contributed by atoms with Crippen LogP contribution in [0, 0.1) is 6.92 Å². The first-order valence-corrected chi connectivity index (χ1v) is 5.62. The molecule has 0 atom stereocenters. The molecule has 1 fully saturated rings. The molecule has 3 heterocycles. The maximum Gasteiger partial charge on any atom is 0.153 e. The summed E-state index contributed by atoms with van der Waals surface area (Å²) in [4.78, 5) is 6.58. The van der Waals surface area contributed by atoms with Crippen LogP contribution in [0.1, 0.15) is 5.69 Å². The summed E-state index contributed by atoms with van der Waals surface area (Å²) in [6.45, 7) is 6.12. The molecule has 84 valence electrons. The van der Waals surface area contributed by atoms with E-state index >= 15 is 0 Å². The molecule has 5 heteroatoms. The Labute approximate surface area is 94.1 Å². The van der Waals surface area contributed by atoms with E-state index < -0.39 is 0 Å². The second-order valence-electron chi connectivity index (χ2n) is 4.10. The molecule has 1 aliphatic heterocycles. The zero-order valence-corrected chi connectivity index (χ0v) is 9.35. The molecule has 5 nitrogen and oxygen atoms in total. The van der Waals surface area contributed by atoms with Crippen molar-refractivity contribution >= 4 is 11.5 Å². The number of imidazole rings is 1. The number of rotatable bonds is 1. The van der Waals surface area contributed by atoms with E-state index in [-0.39, 0.29) is 0 Å². The molecule has 1 N–H and O–H groups in total. The van der Waals surface area contributed by atoms with Crippen LogP contribution in [0.3, 0.4) is 0 Å². The number of hydrogen-bond acceptors (Lipinski definition) is 4. The molecule has 3 rings (SSSR count). The molecule has 0 saturated carbocycles. The van der Waals surface area contributed by atoms with Gasteiger partial charge in [-0.3, -0.25) is 0 Å². The summed E-state index contributed by atoms with van der Waals surface area (Å²) in [6.07, 6.45) is 1.85. The smallest absolute Gasteiger partial charge is 0.153 e. The van der Waals surface area contributed by atoms with E-state index in [0.717, 1.165) is 43.3 Å². The zero-order chi connectivity index (χ0) is 11.0. The van der Waals surface area contributed by atoms with Gasteiger partial charge in [0.15, 0.2) is 5.65 Å². The van der Waals surface area contributed by atoms with Crippen LogP contribution in [0.5, 0.6) is 0 Å². The predicted molar refractivity (Wildman–Crippen MR) is 62.8 cm³/mol. The van der Waals surface area contributed by atoms with Crippen LogP contribution in [0.2, 0.25) is 0 Å². The quantitative estimate of drug-likeness (QED) is 0.753. The van der Waals surface area contributed by atoms with E-state index in [1.165, 1.54) is 0 Å². The average Bonchev–Trinajstić information content (AvgIpc) is 2.72. The van der Waals surface area contributed by atoms with E-state index in [1.807, 2.05) is 29.8 Å². The Hall–Kier alpha value is -1.62. The molecule has 0 bridgehead atoms. The average molecular weight is 217 g/mol. The van der Waals surface area contributed by atoms with Crippen LogP contribution in [0.25, 0.3) is 5.65 Å². The van der Waals surface area contributed by atoms with Crippen molar-refractivity contribution in [1.82, 2.24) is 19.9 Å². The normalized spacial score (nSPS) is 16.9. The molecule has 1 saturated heterocycles. The second kappa shape index (κ2) is 3.75. The fraction of sp³-hybridized carbons (Fsp3) is 0.455. The van der Waals surface area contributed by atoms with Gasteiger partial charge in [-0.2, -0.15) is 0 Å².